The fourth-order valence-electron chi connectivity index (χ4n) is 3.03. The van der Waals surface area contributed by atoms with E-state index < -0.39 is 5.54 Å². The Morgan fingerprint density at radius 3 is 2.63 bits per heavy atom. The number of nitrogens with zero attached hydrogens (tertiary/aromatic N) is 1. The molecule has 0 unspecified atom stereocenters. The first kappa shape index (κ1) is 18.6. The zero-order valence-electron chi connectivity index (χ0n) is 14.8. The van der Waals surface area contributed by atoms with Crippen molar-refractivity contribution in [2.45, 2.75) is 12.0 Å². The lowest BCUT2D eigenvalue weighted by Gasteiger charge is -2.42. The van der Waals surface area contributed by atoms with Crippen molar-refractivity contribution in [2.75, 3.05) is 25.1 Å². The highest BCUT2D eigenvalue weighted by Crippen LogP contribution is 2.29. The van der Waals surface area contributed by atoms with Crippen molar-refractivity contribution in [1.29, 1.82) is 5.26 Å². The number of benzene rings is 2. The molecule has 1 aliphatic heterocycles. The van der Waals surface area contributed by atoms with Crippen LogP contribution in [0.15, 0.2) is 55.1 Å². The third kappa shape index (κ3) is 4.15. The van der Waals surface area contributed by atoms with E-state index in [1.807, 2.05) is 0 Å². The topological polar surface area (TPSA) is 74.2 Å². The molecule has 0 bridgehead atoms. The van der Waals surface area contributed by atoms with E-state index >= 15 is 0 Å². The van der Waals surface area contributed by atoms with Gasteiger partial charge in [0.25, 0.3) is 0 Å². The molecule has 0 spiro atoms. The lowest BCUT2D eigenvalue weighted by Crippen LogP contribution is -2.60. The zero-order chi connectivity index (χ0) is 19.3. The second kappa shape index (κ2) is 8.02. The summed E-state index contributed by atoms with van der Waals surface area (Å²) in [5.74, 6) is -0.519. The molecule has 138 valence electrons. The number of hydrogen-bond acceptors (Lipinski definition) is 4. The number of nitriles is 1. The van der Waals surface area contributed by atoms with Gasteiger partial charge < -0.3 is 15.4 Å². The van der Waals surface area contributed by atoms with Crippen molar-refractivity contribution in [3.8, 4) is 6.07 Å². The number of nitrogens with one attached hydrogen (secondary N) is 2. The molecule has 0 aromatic heterocycles. The quantitative estimate of drug-likeness (QED) is 0.740. The number of anilines is 1. The summed E-state index contributed by atoms with van der Waals surface area (Å²) in [6.07, 6.45) is 2.34. The average molecular weight is 365 g/mol. The largest absolute Gasteiger partial charge is 0.376 e. The second-order valence-corrected chi connectivity index (χ2v) is 6.46. The molecule has 1 heterocycles. The standard InChI is InChI=1S/C21H20FN3O2/c1-2-3-16-10-15(11-23)4-9-19(16)24-12-20(26)25-21(13-27-14-21)17-5-7-18(22)8-6-17/h2,4-10,24H,1,3,12-14H2,(H,25,26). The van der Waals surface area contributed by atoms with E-state index in [-0.39, 0.29) is 18.3 Å². The van der Waals surface area contributed by atoms with Gasteiger partial charge in [0.05, 0.1) is 31.4 Å². The fourth-order valence-corrected chi connectivity index (χ4v) is 3.03. The average Bonchev–Trinajstić information content (AvgIpc) is 2.64. The van der Waals surface area contributed by atoms with Gasteiger partial charge in [-0.15, -0.1) is 6.58 Å². The molecule has 2 aromatic carbocycles. The molecule has 5 nitrogen and oxygen atoms in total. The number of rotatable bonds is 7. The first-order valence-electron chi connectivity index (χ1n) is 8.59. The summed E-state index contributed by atoms with van der Waals surface area (Å²) in [6.45, 7) is 4.49. The van der Waals surface area contributed by atoms with E-state index in [0.717, 1.165) is 16.8 Å². The van der Waals surface area contributed by atoms with Crippen molar-refractivity contribution >= 4 is 11.6 Å². The van der Waals surface area contributed by atoms with Gasteiger partial charge in [0.1, 0.15) is 11.4 Å². The molecule has 2 aromatic rings. The van der Waals surface area contributed by atoms with Crippen LogP contribution in [-0.4, -0.2) is 25.7 Å². The highest BCUT2D eigenvalue weighted by Gasteiger charge is 2.41. The molecule has 1 fully saturated rings. The lowest BCUT2D eigenvalue weighted by molar-refractivity contribution is -0.132. The van der Waals surface area contributed by atoms with Crippen molar-refractivity contribution in [2.24, 2.45) is 0 Å². The number of carbonyl (C=O) groups is 1. The second-order valence-electron chi connectivity index (χ2n) is 6.46. The number of hydrogen-bond donors (Lipinski definition) is 2. The molecule has 1 saturated heterocycles. The molecule has 2 N–H and O–H groups in total. The predicted molar refractivity (Wildman–Crippen MR) is 101 cm³/mol. The van der Waals surface area contributed by atoms with Crippen LogP contribution in [0.25, 0.3) is 0 Å². The van der Waals surface area contributed by atoms with Crippen LogP contribution in [-0.2, 0) is 21.5 Å². The normalized spacial score (nSPS) is 14.5. The third-order valence-electron chi connectivity index (χ3n) is 4.51. The first-order chi connectivity index (χ1) is 13.1. The van der Waals surface area contributed by atoms with Gasteiger partial charge >= 0.3 is 0 Å². The highest BCUT2D eigenvalue weighted by atomic mass is 19.1. The monoisotopic (exact) mass is 365 g/mol. The molecule has 0 atom stereocenters. The Bertz CT molecular complexity index is 883. The molecule has 0 aliphatic carbocycles. The first-order valence-corrected chi connectivity index (χ1v) is 8.59. The number of ether oxygens (including phenoxy) is 1. The van der Waals surface area contributed by atoms with Gasteiger partial charge in [0.15, 0.2) is 0 Å². The summed E-state index contributed by atoms with van der Waals surface area (Å²) in [5.41, 5.74) is 2.43. The van der Waals surface area contributed by atoms with Crippen molar-refractivity contribution < 1.29 is 13.9 Å². The van der Waals surface area contributed by atoms with Crippen LogP contribution in [0.5, 0.6) is 0 Å². The molecule has 6 heteroatoms. The van der Waals surface area contributed by atoms with Crippen LogP contribution in [0.2, 0.25) is 0 Å². The number of carbonyl (C=O) groups excluding carboxylic acids is 1. The Kier molecular flexibility index (Phi) is 5.53. The SMILES string of the molecule is C=CCc1cc(C#N)ccc1NCC(=O)NC1(c2ccc(F)cc2)COC1. The summed E-state index contributed by atoms with van der Waals surface area (Å²) in [5, 5.41) is 15.1. The molecule has 0 radical (unpaired) electrons. The van der Waals surface area contributed by atoms with Gasteiger partial charge in [-0.25, -0.2) is 4.39 Å². The molecular weight excluding hydrogens is 345 g/mol. The minimum Gasteiger partial charge on any atom is -0.376 e. The number of allylic oxidation sites excluding steroid dienone is 1. The Morgan fingerprint density at radius 1 is 1.30 bits per heavy atom. The van der Waals surface area contributed by atoms with Gasteiger partial charge in [-0.05, 0) is 47.9 Å². The van der Waals surface area contributed by atoms with Gasteiger partial charge in [0.2, 0.25) is 5.91 Å². The number of amides is 1. The molecule has 1 aliphatic rings. The molecule has 0 saturated carbocycles. The maximum absolute atomic E-state index is 13.2. The van der Waals surface area contributed by atoms with Crippen molar-refractivity contribution in [1.82, 2.24) is 5.32 Å². The minimum atomic E-state index is -0.624. The van der Waals surface area contributed by atoms with E-state index in [1.165, 1.54) is 12.1 Å². The van der Waals surface area contributed by atoms with Gasteiger partial charge in [0, 0.05) is 5.69 Å². The van der Waals surface area contributed by atoms with Gasteiger partial charge in [-0.1, -0.05) is 18.2 Å². The Balaban J connectivity index is 1.67. The van der Waals surface area contributed by atoms with Crippen LogP contribution in [0.3, 0.4) is 0 Å². The predicted octanol–water partition coefficient (Wildman–Crippen LogP) is 2.88. The maximum atomic E-state index is 13.2. The fraction of sp³-hybridized carbons (Fsp3) is 0.238. The highest BCUT2D eigenvalue weighted by molar-refractivity contribution is 5.82. The Labute approximate surface area is 157 Å². The van der Waals surface area contributed by atoms with Crippen LogP contribution >= 0.6 is 0 Å². The van der Waals surface area contributed by atoms with Crippen LogP contribution < -0.4 is 10.6 Å². The Morgan fingerprint density at radius 2 is 2.04 bits per heavy atom. The molecule has 3 rings (SSSR count). The lowest BCUT2D eigenvalue weighted by atomic mass is 9.88. The molecular formula is C21H20FN3O2. The van der Waals surface area contributed by atoms with Gasteiger partial charge in [-0.3, -0.25) is 4.79 Å². The third-order valence-corrected chi connectivity index (χ3v) is 4.51. The van der Waals surface area contributed by atoms with Crippen LogP contribution in [0.4, 0.5) is 10.1 Å². The van der Waals surface area contributed by atoms with E-state index in [9.17, 15) is 9.18 Å². The van der Waals surface area contributed by atoms with Crippen molar-refractivity contribution in [3.05, 3.63) is 77.6 Å². The summed E-state index contributed by atoms with van der Waals surface area (Å²) >= 11 is 0. The van der Waals surface area contributed by atoms with Crippen molar-refractivity contribution in [3.63, 3.8) is 0 Å². The smallest absolute Gasteiger partial charge is 0.240 e. The molecule has 1 amide bonds. The van der Waals surface area contributed by atoms with E-state index in [0.29, 0.717) is 25.2 Å². The summed E-state index contributed by atoms with van der Waals surface area (Å²) in [6, 6.07) is 13.4. The minimum absolute atomic E-state index is 0.0684. The van der Waals surface area contributed by atoms with E-state index in [2.05, 4.69) is 23.3 Å². The van der Waals surface area contributed by atoms with Crippen LogP contribution in [0, 0.1) is 17.1 Å². The van der Waals surface area contributed by atoms with E-state index in [4.69, 9.17) is 10.00 Å². The zero-order valence-corrected chi connectivity index (χ0v) is 14.8. The molecule has 27 heavy (non-hydrogen) atoms. The summed E-state index contributed by atoms with van der Waals surface area (Å²) in [7, 11) is 0. The van der Waals surface area contributed by atoms with E-state index in [1.54, 1.807) is 36.4 Å². The number of halogens is 1. The summed E-state index contributed by atoms with van der Waals surface area (Å²) in [4.78, 5) is 12.5. The summed E-state index contributed by atoms with van der Waals surface area (Å²) < 4.78 is 18.5. The maximum Gasteiger partial charge on any atom is 0.240 e. The van der Waals surface area contributed by atoms with Gasteiger partial charge in [-0.2, -0.15) is 5.26 Å². The van der Waals surface area contributed by atoms with Crippen LogP contribution in [0.1, 0.15) is 16.7 Å². The Hall–Kier alpha value is -3.17.